The van der Waals surface area contributed by atoms with Crippen molar-refractivity contribution in [3.63, 3.8) is 0 Å². The van der Waals surface area contributed by atoms with Crippen LogP contribution in [0.1, 0.15) is 0 Å². The number of hydrogen-bond donors (Lipinski definition) is 15. The summed E-state index contributed by atoms with van der Waals surface area (Å²) < 4.78 is 10.4. The average Bonchev–Trinajstić information content (AvgIpc) is 3.55. The molecule has 15 N–H and O–H groups in total. The lowest BCUT2D eigenvalue weighted by Crippen LogP contribution is -2.12. The summed E-state index contributed by atoms with van der Waals surface area (Å²) in [4.78, 5) is 0. The molecule has 0 radical (unpaired) electrons. The minimum atomic E-state index is -1.45. The highest BCUT2D eigenvalue weighted by molar-refractivity contribution is 6.22. The Labute approximate surface area is 226 Å². The van der Waals surface area contributed by atoms with Crippen molar-refractivity contribution < 1.29 is 85.5 Å². The Hall–Kier alpha value is -6.56. The van der Waals surface area contributed by atoms with Crippen molar-refractivity contribution in [3.8, 4) is 80.5 Å². The van der Waals surface area contributed by atoms with Gasteiger partial charge in [-0.1, -0.05) is 0 Å². The highest BCUT2D eigenvalue weighted by atomic mass is 16.5. The zero-order chi connectivity index (χ0) is 30.8. The summed E-state index contributed by atoms with van der Waals surface area (Å²) in [5.74, 6) is -18.2. The van der Waals surface area contributed by atoms with Crippen LogP contribution in [0.4, 0.5) is 11.4 Å². The van der Waals surface area contributed by atoms with Crippen LogP contribution in [0.5, 0.6) is 80.5 Å². The van der Waals surface area contributed by atoms with Crippen LogP contribution < -0.4 is 5.06 Å². The van der Waals surface area contributed by atoms with Crippen molar-refractivity contribution in [2.45, 2.75) is 0 Å². The molecule has 18 nitrogen and oxygen atoms in total. The van der Waals surface area contributed by atoms with Crippen LogP contribution in [0.2, 0.25) is 0 Å². The molecular formula is C24H15NO17. The molecule has 2 aromatic heterocycles. The second-order valence-corrected chi connectivity index (χ2v) is 8.91. The SMILES string of the molecule is Oc1c(O)c(O)c2c(oc3c(O)c(O)c(N(O)c4c(O)c(O)c(O)c5oc6c(O)c(O)c(O)c(O)c6c45)c(O)c32)c1O. The molecule has 4 aromatic carbocycles. The maximum atomic E-state index is 11.2. The number of phenolic OH excluding ortho intramolecular Hbond substituents is 14. The first-order chi connectivity index (χ1) is 19.6. The molecule has 18 heteroatoms. The smallest absolute Gasteiger partial charge is 0.208 e. The molecule has 6 rings (SSSR count). The van der Waals surface area contributed by atoms with Gasteiger partial charge in [0.25, 0.3) is 0 Å². The van der Waals surface area contributed by atoms with Gasteiger partial charge >= 0.3 is 0 Å². The van der Waals surface area contributed by atoms with Crippen molar-refractivity contribution in [2.75, 3.05) is 5.06 Å². The van der Waals surface area contributed by atoms with Gasteiger partial charge in [-0.05, 0) is 0 Å². The highest BCUT2D eigenvalue weighted by Gasteiger charge is 2.37. The van der Waals surface area contributed by atoms with Gasteiger partial charge < -0.3 is 80.3 Å². The third kappa shape index (κ3) is 2.73. The lowest BCUT2D eigenvalue weighted by atomic mass is 10.0. The van der Waals surface area contributed by atoms with Crippen LogP contribution in [0, 0.1) is 0 Å². The van der Waals surface area contributed by atoms with Crippen LogP contribution in [0.15, 0.2) is 8.83 Å². The Bertz CT molecular complexity index is 2210. The van der Waals surface area contributed by atoms with Gasteiger partial charge in [0.2, 0.25) is 51.7 Å². The zero-order valence-corrected chi connectivity index (χ0v) is 20.0. The molecule has 0 atom stereocenters. The molecule has 0 aliphatic rings. The Morgan fingerprint density at radius 2 is 0.571 bits per heavy atom. The fourth-order valence-corrected chi connectivity index (χ4v) is 4.75. The van der Waals surface area contributed by atoms with Crippen molar-refractivity contribution in [1.82, 2.24) is 0 Å². The number of hydrogen-bond acceptors (Lipinski definition) is 18. The van der Waals surface area contributed by atoms with Crippen molar-refractivity contribution in [2.24, 2.45) is 0 Å². The monoisotopic (exact) mass is 589 g/mol. The van der Waals surface area contributed by atoms with Gasteiger partial charge in [0.15, 0.2) is 56.8 Å². The summed E-state index contributed by atoms with van der Waals surface area (Å²) in [6.07, 6.45) is 0. The summed E-state index contributed by atoms with van der Waals surface area (Å²) in [5, 5.41) is 153. The number of benzene rings is 4. The van der Waals surface area contributed by atoms with Gasteiger partial charge in [-0.3, -0.25) is 5.21 Å². The van der Waals surface area contributed by atoms with E-state index in [2.05, 4.69) is 0 Å². The molecule has 0 spiro atoms. The number of rotatable bonds is 2. The van der Waals surface area contributed by atoms with E-state index in [0.717, 1.165) is 0 Å². The van der Waals surface area contributed by atoms with Gasteiger partial charge in [-0.15, -0.1) is 0 Å². The van der Waals surface area contributed by atoms with E-state index in [4.69, 9.17) is 8.83 Å². The van der Waals surface area contributed by atoms with Crippen LogP contribution >= 0.6 is 0 Å². The predicted molar refractivity (Wildman–Crippen MR) is 135 cm³/mol. The standard InChI is InChI=1S/C24H15NO17/c26-7-3-4-9(28)13(32)16(35)20(39)24(4)42-23(3)17(36)11(30)6(7)25(40)5-1-2-8(27)12(31)15(34)19(38)22(2)41-21(1)18(37)14(33)10(5)29/h26-40H. The van der Waals surface area contributed by atoms with Gasteiger partial charge in [-0.25, -0.2) is 5.06 Å². The quantitative estimate of drug-likeness (QED) is 0.0783. The summed E-state index contributed by atoms with van der Waals surface area (Å²) in [7, 11) is 0. The van der Waals surface area contributed by atoms with Crippen molar-refractivity contribution >= 4 is 55.3 Å². The molecule has 2 heterocycles. The summed E-state index contributed by atoms with van der Waals surface area (Å²) in [6.45, 7) is 0. The molecule has 42 heavy (non-hydrogen) atoms. The lowest BCUT2D eigenvalue weighted by Gasteiger charge is -2.22. The Morgan fingerprint density at radius 1 is 0.286 bits per heavy atom. The molecule has 218 valence electrons. The Kier molecular flexibility index (Phi) is 4.75. The Morgan fingerprint density at radius 3 is 1.02 bits per heavy atom. The molecule has 0 saturated carbocycles. The van der Waals surface area contributed by atoms with Crippen LogP contribution in [0.25, 0.3) is 43.9 Å². The van der Waals surface area contributed by atoms with Crippen LogP contribution in [-0.2, 0) is 0 Å². The molecule has 0 saturated heterocycles. The van der Waals surface area contributed by atoms with Gasteiger partial charge in [0, 0.05) is 0 Å². The first kappa shape index (κ1) is 25.7. The van der Waals surface area contributed by atoms with E-state index in [1.54, 1.807) is 0 Å². The molecule has 6 aromatic rings. The first-order valence-corrected chi connectivity index (χ1v) is 11.1. The minimum Gasteiger partial charge on any atom is -0.505 e. The number of anilines is 2. The zero-order valence-electron chi connectivity index (χ0n) is 20.0. The number of aromatic hydroxyl groups is 14. The lowest BCUT2D eigenvalue weighted by molar-refractivity contribution is 0.284. The predicted octanol–water partition coefficient (Wildman–Crippen LogP) is 2.89. The molecule has 0 unspecified atom stereocenters. The molecular weight excluding hydrogens is 574 g/mol. The third-order valence-corrected chi connectivity index (χ3v) is 6.74. The summed E-state index contributed by atoms with van der Waals surface area (Å²) >= 11 is 0. The second kappa shape index (κ2) is 7.76. The topological polar surface area (TPSA) is 333 Å². The molecule has 0 bridgehead atoms. The van der Waals surface area contributed by atoms with Gasteiger partial charge in [0.05, 0.1) is 21.5 Å². The van der Waals surface area contributed by atoms with Crippen LogP contribution in [0.3, 0.4) is 0 Å². The third-order valence-electron chi connectivity index (χ3n) is 6.74. The van der Waals surface area contributed by atoms with Gasteiger partial charge in [0.1, 0.15) is 5.69 Å². The second-order valence-electron chi connectivity index (χ2n) is 8.91. The normalized spacial score (nSPS) is 11.8. The Balaban J connectivity index is 1.80. The fraction of sp³-hybridized carbons (Fsp3) is 0. The fourth-order valence-electron chi connectivity index (χ4n) is 4.75. The van der Waals surface area contributed by atoms with Crippen molar-refractivity contribution in [3.05, 3.63) is 0 Å². The van der Waals surface area contributed by atoms with E-state index in [9.17, 15) is 76.7 Å². The van der Waals surface area contributed by atoms with E-state index < -0.39 is 136 Å². The van der Waals surface area contributed by atoms with Gasteiger partial charge in [-0.2, -0.15) is 0 Å². The minimum absolute atomic E-state index is 0.327. The maximum absolute atomic E-state index is 11.2. The first-order valence-electron chi connectivity index (χ1n) is 11.1. The number of furan rings is 2. The maximum Gasteiger partial charge on any atom is 0.208 e. The van der Waals surface area contributed by atoms with E-state index in [1.807, 2.05) is 0 Å². The van der Waals surface area contributed by atoms with E-state index in [1.165, 1.54) is 0 Å². The number of fused-ring (bicyclic) bond motifs is 6. The number of phenols is 14. The highest BCUT2D eigenvalue weighted by Crippen LogP contribution is 2.63. The average molecular weight is 589 g/mol. The summed E-state index contributed by atoms with van der Waals surface area (Å²) in [6, 6.07) is 0. The molecule has 0 aliphatic heterocycles. The molecule has 0 aliphatic carbocycles. The molecule has 0 amide bonds. The number of nitrogens with zero attached hydrogens (tertiary/aromatic N) is 1. The van der Waals surface area contributed by atoms with E-state index in [0.29, 0.717) is 0 Å². The largest absolute Gasteiger partial charge is 0.505 e. The summed E-state index contributed by atoms with van der Waals surface area (Å²) in [5.41, 5.74) is -5.91. The van der Waals surface area contributed by atoms with E-state index >= 15 is 0 Å². The van der Waals surface area contributed by atoms with Crippen LogP contribution in [-0.4, -0.2) is 76.7 Å². The molecule has 0 fully saturated rings. The van der Waals surface area contributed by atoms with Crippen molar-refractivity contribution in [1.29, 1.82) is 0 Å². The van der Waals surface area contributed by atoms with E-state index in [-0.39, 0.29) is 5.06 Å².